The van der Waals surface area contributed by atoms with Crippen molar-refractivity contribution in [3.8, 4) is 0 Å². The van der Waals surface area contributed by atoms with Gasteiger partial charge in [0.1, 0.15) is 0 Å². The van der Waals surface area contributed by atoms with E-state index in [0.717, 1.165) is 55.7 Å². The number of rotatable bonds is 4. The second-order valence-corrected chi connectivity index (χ2v) is 6.48. The fraction of sp³-hybridized carbons (Fsp3) is 0.471. The monoisotopic (exact) mass is 333 g/mol. The highest BCUT2D eigenvalue weighted by Gasteiger charge is 2.20. The molecule has 1 fully saturated rings. The van der Waals surface area contributed by atoms with Gasteiger partial charge in [-0.15, -0.1) is 0 Å². The molecule has 1 aliphatic heterocycles. The normalized spacial score (nSPS) is 16.0. The van der Waals surface area contributed by atoms with Crippen LogP contribution in [0.4, 0.5) is 11.4 Å². The van der Waals surface area contributed by atoms with Gasteiger partial charge < -0.3 is 10.6 Å². The van der Waals surface area contributed by atoms with E-state index in [1.807, 2.05) is 22.9 Å². The van der Waals surface area contributed by atoms with Crippen LogP contribution in [0.1, 0.15) is 18.2 Å². The second-order valence-electron chi connectivity index (χ2n) is 6.07. The average molecular weight is 334 g/mol. The lowest BCUT2D eigenvalue weighted by Gasteiger charge is -2.36. The van der Waals surface area contributed by atoms with Crippen molar-refractivity contribution in [1.29, 1.82) is 0 Å². The van der Waals surface area contributed by atoms with E-state index in [0.29, 0.717) is 5.69 Å². The standard InChI is InChI=1S/C17H24ClN5/c1-3-23-12-14(13(2)20-23)11-21-6-8-22(9-7-21)17-5-4-15(19)10-16(17)18/h4-5,10,12H,3,6-9,11,19H2,1-2H3. The highest BCUT2D eigenvalue weighted by molar-refractivity contribution is 6.33. The first-order valence-corrected chi connectivity index (χ1v) is 8.50. The van der Waals surface area contributed by atoms with E-state index in [1.54, 1.807) is 0 Å². The summed E-state index contributed by atoms with van der Waals surface area (Å²) in [5, 5.41) is 5.26. The molecule has 0 aliphatic carbocycles. The van der Waals surface area contributed by atoms with Gasteiger partial charge in [0.05, 0.1) is 16.4 Å². The fourth-order valence-corrected chi connectivity index (χ4v) is 3.35. The van der Waals surface area contributed by atoms with Crippen molar-refractivity contribution in [3.05, 3.63) is 40.7 Å². The Morgan fingerprint density at radius 3 is 2.57 bits per heavy atom. The lowest BCUT2D eigenvalue weighted by molar-refractivity contribution is 0.249. The number of aryl methyl sites for hydroxylation is 2. The molecule has 124 valence electrons. The Hall–Kier alpha value is -1.72. The predicted molar refractivity (Wildman–Crippen MR) is 96.0 cm³/mol. The maximum Gasteiger partial charge on any atom is 0.0660 e. The van der Waals surface area contributed by atoms with Gasteiger partial charge in [0.15, 0.2) is 0 Å². The number of benzene rings is 1. The summed E-state index contributed by atoms with van der Waals surface area (Å²) in [4.78, 5) is 4.81. The van der Waals surface area contributed by atoms with Gasteiger partial charge >= 0.3 is 0 Å². The zero-order valence-corrected chi connectivity index (χ0v) is 14.6. The zero-order valence-electron chi connectivity index (χ0n) is 13.8. The number of anilines is 2. The Bertz CT molecular complexity index is 674. The van der Waals surface area contributed by atoms with Gasteiger partial charge in [0.2, 0.25) is 0 Å². The van der Waals surface area contributed by atoms with Crippen LogP contribution in [-0.4, -0.2) is 40.9 Å². The number of aromatic nitrogens is 2. The van der Waals surface area contributed by atoms with Crippen molar-refractivity contribution < 1.29 is 0 Å². The summed E-state index contributed by atoms with van der Waals surface area (Å²) < 4.78 is 2.01. The predicted octanol–water partition coefficient (Wildman–Crippen LogP) is 2.77. The summed E-state index contributed by atoms with van der Waals surface area (Å²) in [5.74, 6) is 0. The molecule has 1 saturated heterocycles. The van der Waals surface area contributed by atoms with Gasteiger partial charge in [-0.25, -0.2) is 0 Å². The molecular formula is C17H24ClN5. The fourth-order valence-electron chi connectivity index (χ4n) is 3.04. The van der Waals surface area contributed by atoms with Crippen molar-refractivity contribution in [3.63, 3.8) is 0 Å². The van der Waals surface area contributed by atoms with Gasteiger partial charge in [-0.3, -0.25) is 9.58 Å². The minimum absolute atomic E-state index is 0.709. The third-order valence-corrected chi connectivity index (χ3v) is 4.75. The molecule has 6 heteroatoms. The highest BCUT2D eigenvalue weighted by atomic mass is 35.5. The lowest BCUT2D eigenvalue weighted by atomic mass is 10.2. The SMILES string of the molecule is CCn1cc(CN2CCN(c3ccc(N)cc3Cl)CC2)c(C)n1. The number of nitrogens with two attached hydrogens (primary N) is 1. The molecule has 5 nitrogen and oxygen atoms in total. The zero-order chi connectivity index (χ0) is 16.4. The van der Waals surface area contributed by atoms with Crippen LogP contribution in [0.5, 0.6) is 0 Å². The van der Waals surface area contributed by atoms with Crippen LogP contribution in [0.25, 0.3) is 0 Å². The third-order valence-electron chi connectivity index (χ3n) is 4.45. The van der Waals surface area contributed by atoms with Crippen LogP contribution < -0.4 is 10.6 Å². The number of hydrogen-bond acceptors (Lipinski definition) is 4. The molecule has 0 bridgehead atoms. The van der Waals surface area contributed by atoms with E-state index in [2.05, 4.69) is 34.9 Å². The third kappa shape index (κ3) is 3.62. The van der Waals surface area contributed by atoms with Crippen LogP contribution >= 0.6 is 11.6 Å². The number of halogens is 1. The summed E-state index contributed by atoms with van der Waals surface area (Å²) in [6.07, 6.45) is 2.17. The van der Waals surface area contributed by atoms with Crippen LogP contribution in [0, 0.1) is 6.92 Å². The summed E-state index contributed by atoms with van der Waals surface area (Å²) >= 11 is 6.32. The molecule has 0 atom stereocenters. The van der Waals surface area contributed by atoms with Crippen molar-refractivity contribution in [2.45, 2.75) is 26.9 Å². The molecule has 1 aliphatic rings. The van der Waals surface area contributed by atoms with Gasteiger partial charge in [-0.1, -0.05) is 11.6 Å². The van der Waals surface area contributed by atoms with Gasteiger partial charge in [-0.2, -0.15) is 5.10 Å². The van der Waals surface area contributed by atoms with Crippen molar-refractivity contribution in [2.75, 3.05) is 36.8 Å². The van der Waals surface area contributed by atoms with Gasteiger partial charge in [0.25, 0.3) is 0 Å². The molecule has 0 radical (unpaired) electrons. The maximum absolute atomic E-state index is 6.32. The first-order chi connectivity index (χ1) is 11.1. The summed E-state index contributed by atoms with van der Waals surface area (Å²) in [7, 11) is 0. The van der Waals surface area contributed by atoms with Crippen LogP contribution in [0.15, 0.2) is 24.4 Å². The molecule has 23 heavy (non-hydrogen) atoms. The van der Waals surface area contributed by atoms with Gasteiger partial charge in [0, 0.05) is 56.7 Å². The Balaban J connectivity index is 1.60. The van der Waals surface area contributed by atoms with E-state index in [9.17, 15) is 0 Å². The van der Waals surface area contributed by atoms with Crippen molar-refractivity contribution >= 4 is 23.0 Å². The quantitative estimate of drug-likeness (QED) is 0.874. The van der Waals surface area contributed by atoms with Crippen LogP contribution in [-0.2, 0) is 13.1 Å². The minimum atomic E-state index is 0.709. The maximum atomic E-state index is 6.32. The molecule has 2 aromatic rings. The summed E-state index contributed by atoms with van der Waals surface area (Å²) in [6, 6.07) is 5.75. The minimum Gasteiger partial charge on any atom is -0.399 e. The topological polar surface area (TPSA) is 50.3 Å². The average Bonchev–Trinajstić information content (AvgIpc) is 2.89. The highest BCUT2D eigenvalue weighted by Crippen LogP contribution is 2.28. The molecule has 0 amide bonds. The largest absolute Gasteiger partial charge is 0.399 e. The number of nitrogens with zero attached hydrogens (tertiary/aromatic N) is 4. The Kier molecular flexibility index (Phi) is 4.78. The molecule has 1 aromatic heterocycles. The number of hydrogen-bond donors (Lipinski definition) is 1. The van der Waals surface area contributed by atoms with E-state index in [1.165, 1.54) is 5.56 Å². The Morgan fingerprint density at radius 1 is 1.22 bits per heavy atom. The van der Waals surface area contributed by atoms with Crippen molar-refractivity contribution in [2.24, 2.45) is 0 Å². The molecule has 0 spiro atoms. The Morgan fingerprint density at radius 2 is 1.96 bits per heavy atom. The summed E-state index contributed by atoms with van der Waals surface area (Å²) in [5.41, 5.74) is 10.0. The van der Waals surface area contributed by atoms with Crippen LogP contribution in [0.2, 0.25) is 5.02 Å². The first-order valence-electron chi connectivity index (χ1n) is 8.12. The number of nitrogen functional groups attached to an aromatic ring is 1. The molecule has 0 unspecified atom stereocenters. The van der Waals surface area contributed by atoms with E-state index < -0.39 is 0 Å². The molecular weight excluding hydrogens is 310 g/mol. The number of piperazine rings is 1. The van der Waals surface area contributed by atoms with E-state index in [-0.39, 0.29) is 0 Å². The molecule has 3 rings (SSSR count). The van der Waals surface area contributed by atoms with E-state index in [4.69, 9.17) is 17.3 Å². The van der Waals surface area contributed by atoms with Crippen LogP contribution in [0.3, 0.4) is 0 Å². The summed E-state index contributed by atoms with van der Waals surface area (Å²) in [6.45, 7) is 10.1. The smallest absolute Gasteiger partial charge is 0.0660 e. The molecule has 0 saturated carbocycles. The van der Waals surface area contributed by atoms with E-state index >= 15 is 0 Å². The molecule has 2 N–H and O–H groups in total. The van der Waals surface area contributed by atoms with Gasteiger partial charge in [-0.05, 0) is 32.0 Å². The lowest BCUT2D eigenvalue weighted by Crippen LogP contribution is -2.46. The second kappa shape index (κ2) is 6.81. The first kappa shape index (κ1) is 16.1. The van der Waals surface area contributed by atoms with Crippen molar-refractivity contribution in [1.82, 2.24) is 14.7 Å². The molecule has 2 heterocycles. The molecule has 1 aromatic carbocycles. The Labute approximate surface area is 142 Å².